The number of nitrogens with zero attached hydrogens (tertiary/aromatic N) is 1. The summed E-state index contributed by atoms with van der Waals surface area (Å²) in [7, 11) is 0. The van der Waals surface area contributed by atoms with Crippen molar-refractivity contribution in [1.29, 1.82) is 0 Å². The summed E-state index contributed by atoms with van der Waals surface area (Å²) in [6.45, 7) is 3.77. The summed E-state index contributed by atoms with van der Waals surface area (Å²) in [6.07, 6.45) is 3.80. The number of aromatic nitrogens is 1. The maximum absolute atomic E-state index is 9.37. The van der Waals surface area contributed by atoms with Gasteiger partial charge in [-0.1, -0.05) is 0 Å². The van der Waals surface area contributed by atoms with Gasteiger partial charge < -0.3 is 10.4 Å². The summed E-state index contributed by atoms with van der Waals surface area (Å²) in [5, 5.41) is 12.7. The maximum Gasteiger partial charge on any atom is 0.129 e. The lowest BCUT2D eigenvalue weighted by Gasteiger charge is -2.10. The van der Waals surface area contributed by atoms with Crippen LogP contribution in [0.15, 0.2) is 12.3 Å². The summed E-state index contributed by atoms with van der Waals surface area (Å²) in [6, 6.07) is 2.61. The molecular formula is C11H16N2O. The van der Waals surface area contributed by atoms with Crippen molar-refractivity contribution in [2.45, 2.75) is 38.8 Å². The van der Waals surface area contributed by atoms with Crippen LogP contribution in [0.1, 0.15) is 37.0 Å². The van der Waals surface area contributed by atoms with Gasteiger partial charge in [-0.3, -0.25) is 0 Å². The van der Waals surface area contributed by atoms with E-state index in [1.807, 2.05) is 13.0 Å². The fourth-order valence-corrected chi connectivity index (χ4v) is 1.40. The van der Waals surface area contributed by atoms with Crippen molar-refractivity contribution in [2.24, 2.45) is 0 Å². The van der Waals surface area contributed by atoms with E-state index in [1.165, 1.54) is 12.8 Å². The predicted octanol–water partition coefficient (Wildman–Crippen LogP) is 2.02. The van der Waals surface area contributed by atoms with Gasteiger partial charge in [0.05, 0.1) is 6.10 Å². The van der Waals surface area contributed by atoms with Crippen LogP contribution in [-0.4, -0.2) is 16.1 Å². The van der Waals surface area contributed by atoms with Crippen molar-refractivity contribution in [2.75, 3.05) is 5.32 Å². The number of hydrogen-bond donors (Lipinski definition) is 2. The van der Waals surface area contributed by atoms with Crippen LogP contribution >= 0.6 is 0 Å². The van der Waals surface area contributed by atoms with E-state index in [2.05, 4.69) is 10.3 Å². The van der Waals surface area contributed by atoms with E-state index in [9.17, 15) is 5.11 Å². The standard InChI is InChI=1S/C11H16N2O/c1-7-5-9(8(2)14)6-12-11(7)13-10-3-4-10/h5-6,8,10,14H,3-4H2,1-2H3,(H,12,13). The Balaban J connectivity index is 2.17. The van der Waals surface area contributed by atoms with Gasteiger partial charge >= 0.3 is 0 Å². The van der Waals surface area contributed by atoms with Crippen LogP contribution in [0, 0.1) is 6.92 Å². The number of aryl methyl sites for hydroxylation is 1. The van der Waals surface area contributed by atoms with E-state index in [4.69, 9.17) is 0 Å². The number of hydrogen-bond acceptors (Lipinski definition) is 3. The van der Waals surface area contributed by atoms with Crippen LogP contribution in [0.4, 0.5) is 5.82 Å². The first-order valence-corrected chi connectivity index (χ1v) is 5.08. The predicted molar refractivity (Wildman–Crippen MR) is 56.3 cm³/mol. The quantitative estimate of drug-likeness (QED) is 0.770. The van der Waals surface area contributed by atoms with Crippen LogP contribution in [0.3, 0.4) is 0 Å². The van der Waals surface area contributed by atoms with E-state index in [1.54, 1.807) is 13.1 Å². The minimum atomic E-state index is -0.434. The average Bonchev–Trinajstić information content (AvgIpc) is 2.92. The summed E-state index contributed by atoms with van der Waals surface area (Å²) >= 11 is 0. The van der Waals surface area contributed by atoms with Crippen molar-refractivity contribution in [3.05, 3.63) is 23.4 Å². The molecule has 1 aromatic rings. The Bertz CT molecular complexity index is 332. The Labute approximate surface area is 84.2 Å². The van der Waals surface area contributed by atoms with Gasteiger partial charge in [0.25, 0.3) is 0 Å². The average molecular weight is 192 g/mol. The number of anilines is 1. The maximum atomic E-state index is 9.37. The molecule has 14 heavy (non-hydrogen) atoms. The highest BCUT2D eigenvalue weighted by molar-refractivity contribution is 5.46. The second kappa shape index (κ2) is 3.58. The fourth-order valence-electron chi connectivity index (χ4n) is 1.40. The molecule has 1 aliphatic rings. The zero-order valence-corrected chi connectivity index (χ0v) is 8.62. The van der Waals surface area contributed by atoms with Gasteiger partial charge in [0.1, 0.15) is 5.82 Å². The first-order chi connectivity index (χ1) is 6.66. The van der Waals surface area contributed by atoms with Gasteiger partial charge in [-0.25, -0.2) is 4.98 Å². The zero-order valence-electron chi connectivity index (χ0n) is 8.62. The fraction of sp³-hybridized carbons (Fsp3) is 0.545. The molecule has 0 saturated heterocycles. The Morgan fingerprint density at radius 1 is 1.57 bits per heavy atom. The molecule has 3 nitrogen and oxygen atoms in total. The summed E-state index contributed by atoms with van der Waals surface area (Å²) in [4.78, 5) is 4.31. The Kier molecular flexibility index (Phi) is 2.42. The normalized spacial score (nSPS) is 17.9. The molecule has 0 aromatic carbocycles. The molecule has 1 fully saturated rings. The van der Waals surface area contributed by atoms with Crippen molar-refractivity contribution in [1.82, 2.24) is 4.98 Å². The van der Waals surface area contributed by atoms with Crippen molar-refractivity contribution in [3.63, 3.8) is 0 Å². The third kappa shape index (κ3) is 2.04. The van der Waals surface area contributed by atoms with Gasteiger partial charge in [-0.15, -0.1) is 0 Å². The van der Waals surface area contributed by atoms with Crippen molar-refractivity contribution < 1.29 is 5.11 Å². The molecule has 0 bridgehead atoms. The first kappa shape index (κ1) is 9.46. The molecule has 1 unspecified atom stereocenters. The molecule has 0 aliphatic heterocycles. The molecule has 1 aliphatic carbocycles. The van der Waals surface area contributed by atoms with Crippen molar-refractivity contribution >= 4 is 5.82 Å². The molecule has 76 valence electrons. The Hall–Kier alpha value is -1.09. The van der Waals surface area contributed by atoms with E-state index >= 15 is 0 Å². The summed E-state index contributed by atoms with van der Waals surface area (Å²) in [5.74, 6) is 0.955. The lowest BCUT2D eigenvalue weighted by Crippen LogP contribution is -2.06. The van der Waals surface area contributed by atoms with Crippen LogP contribution < -0.4 is 5.32 Å². The Morgan fingerprint density at radius 2 is 2.29 bits per heavy atom. The highest BCUT2D eigenvalue weighted by Crippen LogP contribution is 2.26. The van der Waals surface area contributed by atoms with E-state index in [0.29, 0.717) is 6.04 Å². The highest BCUT2D eigenvalue weighted by Gasteiger charge is 2.22. The molecule has 1 atom stereocenters. The van der Waals surface area contributed by atoms with Gasteiger partial charge in [0.15, 0.2) is 0 Å². The van der Waals surface area contributed by atoms with Gasteiger partial charge in [0.2, 0.25) is 0 Å². The molecule has 0 amide bonds. The van der Waals surface area contributed by atoms with Crippen LogP contribution in [0.25, 0.3) is 0 Å². The number of pyridine rings is 1. The third-order valence-corrected chi connectivity index (χ3v) is 2.50. The molecule has 1 saturated carbocycles. The second-order valence-corrected chi connectivity index (χ2v) is 4.03. The topological polar surface area (TPSA) is 45.2 Å². The molecular weight excluding hydrogens is 176 g/mol. The molecule has 3 heteroatoms. The number of rotatable bonds is 3. The second-order valence-electron chi connectivity index (χ2n) is 4.03. The third-order valence-electron chi connectivity index (χ3n) is 2.50. The van der Waals surface area contributed by atoms with Crippen molar-refractivity contribution in [3.8, 4) is 0 Å². The first-order valence-electron chi connectivity index (χ1n) is 5.08. The van der Waals surface area contributed by atoms with E-state index < -0.39 is 6.10 Å². The minimum Gasteiger partial charge on any atom is -0.389 e. The number of aliphatic hydroxyl groups excluding tert-OH is 1. The van der Waals surface area contributed by atoms with Crippen LogP contribution in [0.2, 0.25) is 0 Å². The monoisotopic (exact) mass is 192 g/mol. The SMILES string of the molecule is Cc1cc(C(C)O)cnc1NC1CC1. The summed E-state index contributed by atoms with van der Waals surface area (Å²) in [5.41, 5.74) is 1.99. The van der Waals surface area contributed by atoms with Gasteiger partial charge in [0, 0.05) is 12.2 Å². The van der Waals surface area contributed by atoms with E-state index in [0.717, 1.165) is 16.9 Å². The molecule has 2 rings (SSSR count). The molecule has 0 radical (unpaired) electrons. The zero-order chi connectivity index (χ0) is 10.1. The Morgan fingerprint density at radius 3 is 2.79 bits per heavy atom. The van der Waals surface area contributed by atoms with Crippen LogP contribution in [0.5, 0.6) is 0 Å². The molecule has 0 spiro atoms. The number of nitrogens with one attached hydrogen (secondary N) is 1. The van der Waals surface area contributed by atoms with E-state index in [-0.39, 0.29) is 0 Å². The molecule has 1 aromatic heterocycles. The minimum absolute atomic E-state index is 0.434. The largest absolute Gasteiger partial charge is 0.389 e. The van der Waals surface area contributed by atoms with Crippen LogP contribution in [-0.2, 0) is 0 Å². The smallest absolute Gasteiger partial charge is 0.129 e. The molecule has 1 heterocycles. The lowest BCUT2D eigenvalue weighted by molar-refractivity contribution is 0.199. The van der Waals surface area contributed by atoms with Gasteiger partial charge in [-0.05, 0) is 43.9 Å². The summed E-state index contributed by atoms with van der Waals surface area (Å²) < 4.78 is 0. The lowest BCUT2D eigenvalue weighted by atomic mass is 10.1. The highest BCUT2D eigenvalue weighted by atomic mass is 16.3. The van der Waals surface area contributed by atoms with Gasteiger partial charge in [-0.2, -0.15) is 0 Å². The molecule has 2 N–H and O–H groups in total. The number of aliphatic hydroxyl groups is 1.